The molecule has 1 fully saturated rings. The van der Waals surface area contributed by atoms with E-state index in [1.807, 2.05) is 17.0 Å². The van der Waals surface area contributed by atoms with E-state index < -0.39 is 0 Å². The van der Waals surface area contributed by atoms with Crippen molar-refractivity contribution in [2.75, 3.05) is 13.2 Å². The zero-order valence-corrected chi connectivity index (χ0v) is 13.4. The quantitative estimate of drug-likeness (QED) is 0.889. The van der Waals surface area contributed by atoms with Crippen molar-refractivity contribution in [3.05, 3.63) is 45.6 Å². The average Bonchev–Trinajstić information content (AvgIpc) is 3.23. The molecule has 1 unspecified atom stereocenters. The van der Waals surface area contributed by atoms with Gasteiger partial charge in [0.1, 0.15) is 5.75 Å². The molecule has 1 saturated heterocycles. The molecule has 3 heterocycles. The lowest BCUT2D eigenvalue weighted by atomic mass is 9.99. The van der Waals surface area contributed by atoms with Crippen LogP contribution in [0.1, 0.15) is 42.3 Å². The number of nitrogens with zero attached hydrogens (tertiary/aromatic N) is 2. The second kappa shape index (κ2) is 6.14. The lowest BCUT2D eigenvalue weighted by Crippen LogP contribution is -2.40. The molecule has 24 heavy (non-hydrogen) atoms. The summed E-state index contributed by atoms with van der Waals surface area (Å²) in [5.74, 6) is 1.55. The number of fused-ring (bicyclic) bond motifs is 1. The van der Waals surface area contributed by atoms with Crippen LogP contribution in [0.2, 0.25) is 0 Å². The van der Waals surface area contributed by atoms with Crippen molar-refractivity contribution in [1.82, 2.24) is 20.1 Å². The van der Waals surface area contributed by atoms with E-state index in [4.69, 9.17) is 4.74 Å². The topological polar surface area (TPSA) is 91.1 Å². The summed E-state index contributed by atoms with van der Waals surface area (Å²) in [6, 6.07) is 5.82. The number of carbonyl (C=O) groups excluding carboxylic acids is 1. The zero-order chi connectivity index (χ0) is 16.5. The molecule has 0 saturated carbocycles. The van der Waals surface area contributed by atoms with Gasteiger partial charge in [-0.15, -0.1) is 0 Å². The maximum Gasteiger partial charge on any atom is 0.340 e. The summed E-state index contributed by atoms with van der Waals surface area (Å²) < 4.78 is 5.51. The molecule has 0 aliphatic carbocycles. The van der Waals surface area contributed by atoms with Crippen molar-refractivity contribution in [1.29, 1.82) is 0 Å². The number of hydrogen-bond acceptors (Lipinski definition) is 4. The molecule has 126 valence electrons. The first-order chi connectivity index (χ1) is 11.7. The van der Waals surface area contributed by atoms with E-state index in [0.717, 1.165) is 37.0 Å². The van der Waals surface area contributed by atoms with Crippen LogP contribution < -0.4 is 10.4 Å². The number of ether oxygens (including phenoxy) is 1. The number of benzene rings is 1. The van der Waals surface area contributed by atoms with Crippen molar-refractivity contribution in [2.45, 2.75) is 38.1 Å². The van der Waals surface area contributed by atoms with E-state index in [1.165, 1.54) is 5.56 Å². The van der Waals surface area contributed by atoms with Crippen molar-refractivity contribution >= 4 is 5.91 Å². The van der Waals surface area contributed by atoms with Crippen LogP contribution >= 0.6 is 0 Å². The first kappa shape index (κ1) is 15.0. The summed E-state index contributed by atoms with van der Waals surface area (Å²) in [6.45, 7) is 1.42. The van der Waals surface area contributed by atoms with Gasteiger partial charge in [-0.3, -0.25) is 9.78 Å². The number of H-pyrrole nitrogens is 2. The lowest BCUT2D eigenvalue weighted by molar-refractivity contribution is -0.134. The number of nitrogens with one attached hydrogen (secondary N) is 2. The van der Waals surface area contributed by atoms with Crippen molar-refractivity contribution < 1.29 is 9.53 Å². The fraction of sp³-hybridized carbons (Fsp3) is 0.471. The summed E-state index contributed by atoms with van der Waals surface area (Å²) in [5, 5.41) is 6.41. The van der Waals surface area contributed by atoms with Crippen LogP contribution in [0.5, 0.6) is 5.75 Å². The van der Waals surface area contributed by atoms with Gasteiger partial charge in [-0.05, 0) is 36.5 Å². The number of amides is 1. The van der Waals surface area contributed by atoms with Crippen LogP contribution in [0.15, 0.2) is 23.0 Å². The molecule has 2 aliphatic rings. The van der Waals surface area contributed by atoms with Gasteiger partial charge in [-0.2, -0.15) is 5.10 Å². The van der Waals surface area contributed by atoms with Gasteiger partial charge in [0.15, 0.2) is 5.82 Å². The second-order valence-electron chi connectivity index (χ2n) is 6.38. The van der Waals surface area contributed by atoms with Crippen molar-refractivity contribution in [2.24, 2.45) is 0 Å². The molecule has 2 aliphatic heterocycles. The summed E-state index contributed by atoms with van der Waals surface area (Å²) in [5.41, 5.74) is 1.85. The number of rotatable bonds is 3. The molecule has 0 spiro atoms. The van der Waals surface area contributed by atoms with Gasteiger partial charge in [-0.25, -0.2) is 9.89 Å². The molecular weight excluding hydrogens is 308 g/mol. The Bertz CT molecular complexity index is 810. The Morgan fingerprint density at radius 3 is 3.12 bits per heavy atom. The highest BCUT2D eigenvalue weighted by atomic mass is 16.5. The van der Waals surface area contributed by atoms with Crippen molar-refractivity contribution in [3.8, 4) is 5.75 Å². The first-order valence-electron chi connectivity index (χ1n) is 8.39. The number of carbonyl (C=O) groups is 1. The average molecular weight is 328 g/mol. The van der Waals surface area contributed by atoms with Crippen LogP contribution in [-0.2, 0) is 17.6 Å². The van der Waals surface area contributed by atoms with Crippen molar-refractivity contribution in [3.63, 3.8) is 0 Å². The monoisotopic (exact) mass is 328 g/mol. The van der Waals surface area contributed by atoms with Gasteiger partial charge >= 0.3 is 5.69 Å². The molecule has 4 rings (SSSR count). The Hall–Kier alpha value is -2.57. The predicted octanol–water partition coefficient (Wildman–Crippen LogP) is 1.33. The minimum absolute atomic E-state index is 0.0717. The standard InChI is InChI=1S/C17H20N4O3/c22-15(10-11-4-5-14-12(9-11)6-8-24-14)21-7-2-1-3-13(21)16-18-17(23)20-19-16/h4-5,9,13H,1-3,6-8,10H2,(H2,18,19,20,23). The number of hydrogen-bond donors (Lipinski definition) is 2. The Morgan fingerprint density at radius 2 is 2.29 bits per heavy atom. The molecule has 1 atom stereocenters. The molecule has 0 radical (unpaired) electrons. The third kappa shape index (κ3) is 2.81. The molecule has 1 amide bonds. The predicted molar refractivity (Wildman–Crippen MR) is 86.9 cm³/mol. The highest BCUT2D eigenvalue weighted by Gasteiger charge is 2.30. The molecule has 0 bridgehead atoms. The third-order valence-electron chi connectivity index (χ3n) is 4.77. The minimum atomic E-state index is -0.332. The van der Waals surface area contributed by atoms with Crippen LogP contribution in [0.4, 0.5) is 0 Å². The van der Waals surface area contributed by atoms with Crippen LogP contribution in [0.25, 0.3) is 0 Å². The SMILES string of the molecule is O=C(Cc1ccc2c(c1)CCO2)N1CCCCC1c1n[nH]c(=O)[nH]1. The summed E-state index contributed by atoms with van der Waals surface area (Å²) in [6.07, 6.45) is 4.09. The highest BCUT2D eigenvalue weighted by Crippen LogP contribution is 2.30. The molecule has 1 aromatic heterocycles. The minimum Gasteiger partial charge on any atom is -0.493 e. The molecular formula is C17H20N4O3. The highest BCUT2D eigenvalue weighted by molar-refractivity contribution is 5.79. The molecule has 1 aromatic carbocycles. The second-order valence-corrected chi connectivity index (χ2v) is 6.38. The smallest absolute Gasteiger partial charge is 0.340 e. The van der Waals surface area contributed by atoms with Crippen LogP contribution in [-0.4, -0.2) is 39.1 Å². The largest absolute Gasteiger partial charge is 0.493 e. The zero-order valence-electron chi connectivity index (χ0n) is 13.4. The first-order valence-corrected chi connectivity index (χ1v) is 8.39. The van der Waals surface area contributed by atoms with E-state index in [0.29, 0.717) is 25.4 Å². The third-order valence-corrected chi connectivity index (χ3v) is 4.77. The molecule has 7 nitrogen and oxygen atoms in total. The molecule has 7 heteroatoms. The molecule has 2 N–H and O–H groups in total. The Balaban J connectivity index is 1.52. The van der Waals surface area contributed by atoms with Gasteiger partial charge in [-0.1, -0.05) is 12.1 Å². The van der Waals surface area contributed by atoms with E-state index in [-0.39, 0.29) is 17.6 Å². The number of piperidine rings is 1. The van der Waals surface area contributed by atoms with Gasteiger partial charge in [0, 0.05) is 13.0 Å². The number of likely N-dealkylation sites (tertiary alicyclic amines) is 1. The van der Waals surface area contributed by atoms with Gasteiger partial charge in [0.05, 0.1) is 19.1 Å². The van der Waals surface area contributed by atoms with E-state index >= 15 is 0 Å². The Morgan fingerprint density at radius 1 is 1.38 bits per heavy atom. The Kier molecular flexibility index (Phi) is 3.84. The summed E-state index contributed by atoms with van der Waals surface area (Å²) in [4.78, 5) is 28.7. The lowest BCUT2D eigenvalue weighted by Gasteiger charge is -2.34. The number of aromatic amines is 2. The Labute approximate surface area is 139 Å². The van der Waals surface area contributed by atoms with Gasteiger partial charge < -0.3 is 9.64 Å². The van der Waals surface area contributed by atoms with Gasteiger partial charge in [0.2, 0.25) is 5.91 Å². The normalized spacial score (nSPS) is 19.8. The summed E-state index contributed by atoms with van der Waals surface area (Å²) in [7, 11) is 0. The van der Waals surface area contributed by atoms with E-state index in [2.05, 4.69) is 21.2 Å². The van der Waals surface area contributed by atoms with E-state index in [1.54, 1.807) is 0 Å². The maximum absolute atomic E-state index is 12.8. The molecule has 2 aromatic rings. The maximum atomic E-state index is 12.8. The number of aromatic nitrogens is 3. The van der Waals surface area contributed by atoms with Crippen LogP contribution in [0, 0.1) is 0 Å². The fourth-order valence-electron chi connectivity index (χ4n) is 3.58. The fourth-order valence-corrected chi connectivity index (χ4v) is 3.58. The van der Waals surface area contributed by atoms with Crippen LogP contribution in [0.3, 0.4) is 0 Å². The van der Waals surface area contributed by atoms with E-state index in [9.17, 15) is 9.59 Å². The van der Waals surface area contributed by atoms with Gasteiger partial charge in [0.25, 0.3) is 0 Å². The summed E-state index contributed by atoms with van der Waals surface area (Å²) >= 11 is 0.